The molecule has 1 heterocycles. The van der Waals surface area contributed by atoms with Crippen LogP contribution in [0.25, 0.3) is 11.4 Å². The Labute approximate surface area is 180 Å². The molecule has 27 heavy (non-hydrogen) atoms. The molecule has 0 bridgehead atoms. The summed E-state index contributed by atoms with van der Waals surface area (Å²) < 4.78 is 5.22. The van der Waals surface area contributed by atoms with Gasteiger partial charge in [-0.2, -0.15) is 4.98 Å². The fourth-order valence-electron chi connectivity index (χ4n) is 2.05. The number of carbonyl (C=O) groups is 1. The highest BCUT2D eigenvalue weighted by Gasteiger charge is 2.14. The van der Waals surface area contributed by atoms with E-state index in [1.807, 2.05) is 32.9 Å². The minimum absolute atomic E-state index is 0. The van der Waals surface area contributed by atoms with Gasteiger partial charge in [0, 0.05) is 23.2 Å². The average Bonchev–Trinajstić information content (AvgIpc) is 3.03. The molecule has 0 unspecified atom stereocenters. The topological polar surface area (TPSA) is 104 Å². The first kappa shape index (κ1) is 23.2. The molecule has 1 amide bonds. The van der Waals surface area contributed by atoms with Crippen molar-refractivity contribution in [2.24, 2.45) is 4.99 Å². The Morgan fingerprint density at radius 3 is 2.48 bits per heavy atom. The van der Waals surface area contributed by atoms with Crippen LogP contribution in [0.4, 0.5) is 0 Å². The molecule has 0 fully saturated rings. The quantitative estimate of drug-likeness (QED) is 0.327. The van der Waals surface area contributed by atoms with E-state index in [1.165, 1.54) is 0 Å². The van der Waals surface area contributed by atoms with E-state index >= 15 is 0 Å². The summed E-state index contributed by atoms with van der Waals surface area (Å²) in [6.45, 7) is 6.15. The number of hydrogen-bond acceptors (Lipinski definition) is 5. The number of carbonyl (C=O) groups excluding carboxylic acids is 1. The zero-order chi connectivity index (χ0) is 19.2. The van der Waals surface area contributed by atoms with Crippen molar-refractivity contribution in [1.29, 1.82) is 0 Å². The summed E-state index contributed by atoms with van der Waals surface area (Å²) in [5, 5.41) is 13.4. The van der Waals surface area contributed by atoms with Crippen LogP contribution in [-0.4, -0.2) is 41.1 Å². The third-order valence-electron chi connectivity index (χ3n) is 3.13. The highest BCUT2D eigenvalue weighted by Crippen LogP contribution is 2.18. The van der Waals surface area contributed by atoms with Crippen molar-refractivity contribution in [2.75, 3.05) is 13.6 Å². The van der Waals surface area contributed by atoms with Gasteiger partial charge >= 0.3 is 0 Å². The molecule has 3 N–H and O–H groups in total. The largest absolute Gasteiger partial charge is 0.350 e. The van der Waals surface area contributed by atoms with Gasteiger partial charge in [0.2, 0.25) is 17.6 Å². The first-order valence-corrected chi connectivity index (χ1v) is 8.48. The number of rotatable bonds is 5. The molecule has 1 aromatic heterocycles. The molecule has 0 radical (unpaired) electrons. The van der Waals surface area contributed by atoms with Crippen LogP contribution in [-0.2, 0) is 11.3 Å². The van der Waals surface area contributed by atoms with Crippen molar-refractivity contribution >= 4 is 47.4 Å². The summed E-state index contributed by atoms with van der Waals surface area (Å²) in [4.78, 5) is 20.2. The highest BCUT2D eigenvalue weighted by molar-refractivity contribution is 14.0. The second-order valence-corrected chi connectivity index (χ2v) is 7.03. The Hall–Kier alpha value is -1.88. The smallest absolute Gasteiger partial charge is 0.246 e. The second-order valence-electron chi connectivity index (χ2n) is 6.60. The van der Waals surface area contributed by atoms with E-state index in [4.69, 9.17) is 16.1 Å². The number of aliphatic imine (C=N–C) groups is 1. The minimum Gasteiger partial charge on any atom is -0.350 e. The zero-order valence-corrected chi connectivity index (χ0v) is 18.8. The van der Waals surface area contributed by atoms with Crippen LogP contribution in [0.15, 0.2) is 33.8 Å². The molecule has 8 nitrogen and oxygen atoms in total. The lowest BCUT2D eigenvalue weighted by Crippen LogP contribution is -2.48. The van der Waals surface area contributed by atoms with Crippen LogP contribution in [0.1, 0.15) is 26.7 Å². The van der Waals surface area contributed by atoms with Gasteiger partial charge in [-0.3, -0.25) is 9.79 Å². The summed E-state index contributed by atoms with van der Waals surface area (Å²) >= 11 is 5.87. The lowest BCUT2D eigenvalue weighted by atomic mass is 10.1. The number of amides is 1. The Kier molecular flexibility index (Phi) is 8.97. The van der Waals surface area contributed by atoms with Crippen molar-refractivity contribution in [3.63, 3.8) is 0 Å². The maximum atomic E-state index is 11.8. The SMILES string of the molecule is CN=C(NCC(=O)NC(C)(C)C)NCc1nc(-c2ccc(Cl)cc2)no1.I. The average molecular weight is 507 g/mol. The molecular weight excluding hydrogens is 483 g/mol. The summed E-state index contributed by atoms with van der Waals surface area (Å²) in [6.07, 6.45) is 0. The Morgan fingerprint density at radius 2 is 1.89 bits per heavy atom. The van der Waals surface area contributed by atoms with Gasteiger partial charge in [0.05, 0.1) is 13.1 Å². The molecule has 0 saturated heterocycles. The molecule has 2 aromatic rings. The second kappa shape index (κ2) is 10.5. The number of aromatic nitrogens is 2. The van der Waals surface area contributed by atoms with E-state index in [-0.39, 0.29) is 48.5 Å². The molecule has 0 saturated carbocycles. The van der Waals surface area contributed by atoms with Gasteiger partial charge in [-0.1, -0.05) is 16.8 Å². The summed E-state index contributed by atoms with van der Waals surface area (Å²) in [5.74, 6) is 1.21. The number of nitrogens with zero attached hydrogens (tertiary/aromatic N) is 3. The summed E-state index contributed by atoms with van der Waals surface area (Å²) in [7, 11) is 1.62. The van der Waals surface area contributed by atoms with E-state index in [0.717, 1.165) is 5.56 Å². The van der Waals surface area contributed by atoms with Crippen molar-refractivity contribution < 1.29 is 9.32 Å². The molecular formula is C17H24ClIN6O2. The molecule has 1 aromatic carbocycles. The molecule has 0 aliphatic rings. The third-order valence-corrected chi connectivity index (χ3v) is 3.38. The van der Waals surface area contributed by atoms with Gasteiger partial charge in [-0.15, -0.1) is 24.0 Å². The van der Waals surface area contributed by atoms with Crippen LogP contribution < -0.4 is 16.0 Å². The molecule has 0 spiro atoms. The Bertz CT molecular complexity index is 770. The fraction of sp³-hybridized carbons (Fsp3) is 0.412. The maximum Gasteiger partial charge on any atom is 0.246 e. The zero-order valence-electron chi connectivity index (χ0n) is 15.7. The summed E-state index contributed by atoms with van der Waals surface area (Å²) in [5.41, 5.74) is 0.531. The number of hydrogen-bond donors (Lipinski definition) is 3. The van der Waals surface area contributed by atoms with Crippen molar-refractivity contribution in [3.05, 3.63) is 35.2 Å². The van der Waals surface area contributed by atoms with Crippen molar-refractivity contribution in [2.45, 2.75) is 32.9 Å². The van der Waals surface area contributed by atoms with Crippen LogP contribution in [0, 0.1) is 0 Å². The van der Waals surface area contributed by atoms with E-state index < -0.39 is 0 Å². The number of guanidine groups is 1. The normalized spacial score (nSPS) is 11.5. The van der Waals surface area contributed by atoms with Gasteiger partial charge in [0.15, 0.2) is 5.96 Å². The highest BCUT2D eigenvalue weighted by atomic mass is 127. The molecule has 2 rings (SSSR count). The van der Waals surface area contributed by atoms with Gasteiger partial charge in [0.1, 0.15) is 0 Å². The standard InChI is InChI=1S/C17H23ClN6O2.HI/c1-17(2,3)23-13(25)9-20-16(19-4)21-10-14-22-15(24-26-14)11-5-7-12(18)8-6-11;/h5-8H,9-10H2,1-4H3,(H,23,25)(H2,19,20,21);1H. The lowest BCUT2D eigenvalue weighted by Gasteiger charge is -2.21. The maximum absolute atomic E-state index is 11.8. The van der Waals surface area contributed by atoms with Gasteiger partial charge in [-0.25, -0.2) is 0 Å². The molecule has 0 atom stereocenters. The van der Waals surface area contributed by atoms with Gasteiger partial charge < -0.3 is 20.5 Å². The number of nitrogens with one attached hydrogen (secondary N) is 3. The monoisotopic (exact) mass is 506 g/mol. The Morgan fingerprint density at radius 1 is 1.22 bits per heavy atom. The molecule has 148 valence electrons. The third kappa shape index (κ3) is 8.12. The van der Waals surface area contributed by atoms with E-state index in [1.54, 1.807) is 19.2 Å². The minimum atomic E-state index is -0.280. The number of benzene rings is 1. The number of halogens is 2. The molecule has 0 aliphatic carbocycles. The lowest BCUT2D eigenvalue weighted by molar-refractivity contribution is -0.121. The van der Waals surface area contributed by atoms with Crippen molar-refractivity contribution in [3.8, 4) is 11.4 Å². The molecule has 10 heteroatoms. The predicted molar refractivity (Wildman–Crippen MR) is 116 cm³/mol. The van der Waals surface area contributed by atoms with Gasteiger partial charge in [0.25, 0.3) is 0 Å². The van der Waals surface area contributed by atoms with Crippen molar-refractivity contribution in [1.82, 2.24) is 26.1 Å². The summed E-state index contributed by atoms with van der Waals surface area (Å²) in [6, 6.07) is 7.16. The molecule has 0 aliphatic heterocycles. The first-order valence-electron chi connectivity index (χ1n) is 8.11. The van der Waals surface area contributed by atoms with Gasteiger partial charge in [-0.05, 0) is 45.0 Å². The van der Waals surface area contributed by atoms with E-state index in [2.05, 4.69) is 31.1 Å². The fourth-order valence-corrected chi connectivity index (χ4v) is 2.18. The van der Waals surface area contributed by atoms with Crippen LogP contribution >= 0.6 is 35.6 Å². The van der Waals surface area contributed by atoms with Crippen LogP contribution in [0.3, 0.4) is 0 Å². The van der Waals surface area contributed by atoms with Crippen LogP contribution in [0.2, 0.25) is 5.02 Å². The first-order chi connectivity index (χ1) is 12.3. The van der Waals surface area contributed by atoms with Crippen LogP contribution in [0.5, 0.6) is 0 Å². The van der Waals surface area contributed by atoms with E-state index in [9.17, 15) is 4.79 Å². The van der Waals surface area contributed by atoms with E-state index in [0.29, 0.717) is 22.7 Å². The predicted octanol–water partition coefficient (Wildman–Crippen LogP) is 2.59. The Balaban J connectivity index is 0.00000364.